The highest BCUT2D eigenvalue weighted by Gasteiger charge is 2.25. The molecule has 1 amide bonds. The fourth-order valence-electron chi connectivity index (χ4n) is 4.16. The van der Waals surface area contributed by atoms with Gasteiger partial charge in [0.1, 0.15) is 0 Å². The highest BCUT2D eigenvalue weighted by Crippen LogP contribution is 2.37. The number of hydrogen-bond donors (Lipinski definition) is 1. The third-order valence-electron chi connectivity index (χ3n) is 5.62. The maximum atomic E-state index is 11.7. The van der Waals surface area contributed by atoms with E-state index >= 15 is 0 Å². The number of piperidine rings is 1. The number of fused-ring (bicyclic) bond motifs is 2. The van der Waals surface area contributed by atoms with Gasteiger partial charge in [-0.3, -0.25) is 9.78 Å². The molecule has 2 aromatic rings. The Balaban J connectivity index is 1.86. The van der Waals surface area contributed by atoms with Crippen molar-refractivity contribution in [2.45, 2.75) is 32.6 Å². The lowest BCUT2D eigenvalue weighted by molar-refractivity contribution is 0.1000. The van der Waals surface area contributed by atoms with Gasteiger partial charge >= 0.3 is 0 Å². The van der Waals surface area contributed by atoms with Crippen molar-refractivity contribution >= 4 is 28.7 Å². The minimum Gasteiger partial charge on any atom is -0.366 e. The van der Waals surface area contributed by atoms with Gasteiger partial charge in [-0.15, -0.1) is 0 Å². The number of carbonyl (C=O) groups is 1. The van der Waals surface area contributed by atoms with E-state index in [-0.39, 0.29) is 5.91 Å². The average molecular weight is 378 g/mol. The van der Waals surface area contributed by atoms with Crippen molar-refractivity contribution in [3.63, 3.8) is 0 Å². The number of nitrogens with two attached hydrogens (primary N) is 1. The Morgan fingerprint density at radius 2 is 1.85 bits per heavy atom. The van der Waals surface area contributed by atoms with Crippen LogP contribution >= 0.6 is 12.2 Å². The molecule has 2 aliphatic rings. The maximum Gasteiger partial charge on any atom is 0.248 e. The molecule has 4 rings (SSSR count). The molecule has 138 valence electrons. The Kier molecular flexibility index (Phi) is 4.79. The van der Waals surface area contributed by atoms with Crippen molar-refractivity contribution < 1.29 is 4.79 Å². The van der Waals surface area contributed by atoms with Crippen molar-refractivity contribution in [1.29, 1.82) is 0 Å². The van der Waals surface area contributed by atoms with Crippen LogP contribution in [-0.2, 0) is 12.8 Å². The topological polar surface area (TPSA) is 59.2 Å². The fourth-order valence-corrected chi connectivity index (χ4v) is 4.34. The van der Waals surface area contributed by atoms with E-state index in [0.29, 0.717) is 5.56 Å². The minimum absolute atomic E-state index is 0.378. The lowest BCUT2D eigenvalue weighted by atomic mass is 9.88. The second kappa shape index (κ2) is 7.24. The molecule has 5 heteroatoms. The number of benzene rings is 1. The number of aryl methyl sites for hydroxylation is 2. The Morgan fingerprint density at radius 3 is 2.56 bits per heavy atom. The standard InChI is InChI=1S/C22H23N3OS/c1-14(27)25-11-8-15(9-12-25)20-19-7-6-18(22(23)26)13-17(19)5-4-16-3-2-10-24-21(16)20/h2-3,6-7,10,13H,4-5,8-9,11-12H2,1H3,(H2,23,26). The molecule has 2 heterocycles. The highest BCUT2D eigenvalue weighted by atomic mass is 32.1. The molecular weight excluding hydrogens is 354 g/mol. The molecule has 0 saturated carbocycles. The minimum atomic E-state index is -0.378. The number of thiocarbonyl (C=S) groups is 1. The predicted octanol–water partition coefficient (Wildman–Crippen LogP) is 3.52. The van der Waals surface area contributed by atoms with Crippen LogP contribution in [0.5, 0.6) is 0 Å². The first-order chi connectivity index (χ1) is 13.0. The number of likely N-dealkylation sites (tertiary alicyclic amines) is 1. The summed E-state index contributed by atoms with van der Waals surface area (Å²) < 4.78 is 0. The molecule has 1 aliphatic carbocycles. The van der Waals surface area contributed by atoms with E-state index in [0.717, 1.165) is 49.5 Å². The van der Waals surface area contributed by atoms with Crippen molar-refractivity contribution in [3.05, 3.63) is 70.0 Å². The summed E-state index contributed by atoms with van der Waals surface area (Å²) in [5.41, 5.74) is 13.5. The van der Waals surface area contributed by atoms with Gasteiger partial charge in [0.2, 0.25) is 5.91 Å². The van der Waals surface area contributed by atoms with E-state index < -0.39 is 0 Å². The summed E-state index contributed by atoms with van der Waals surface area (Å²) in [6.07, 6.45) is 5.64. The van der Waals surface area contributed by atoms with Crippen LogP contribution in [0, 0.1) is 0 Å². The second-order valence-corrected chi connectivity index (χ2v) is 7.82. The first-order valence-corrected chi connectivity index (χ1v) is 9.80. The summed E-state index contributed by atoms with van der Waals surface area (Å²) >= 11 is 5.35. The first kappa shape index (κ1) is 17.9. The molecule has 1 aliphatic heterocycles. The summed E-state index contributed by atoms with van der Waals surface area (Å²) in [6, 6.07) is 10.0. The second-order valence-electron chi connectivity index (χ2n) is 7.23. The van der Waals surface area contributed by atoms with Gasteiger partial charge in [-0.25, -0.2) is 0 Å². The van der Waals surface area contributed by atoms with Crippen LogP contribution in [-0.4, -0.2) is 33.9 Å². The Bertz CT molecular complexity index is 954. The van der Waals surface area contributed by atoms with Crippen molar-refractivity contribution in [3.8, 4) is 0 Å². The molecule has 4 nitrogen and oxygen atoms in total. The molecule has 0 spiro atoms. The molecule has 1 aromatic carbocycles. The van der Waals surface area contributed by atoms with E-state index in [2.05, 4.69) is 17.0 Å². The zero-order chi connectivity index (χ0) is 19.0. The predicted molar refractivity (Wildman–Crippen MR) is 112 cm³/mol. The van der Waals surface area contributed by atoms with Crippen LogP contribution in [0.4, 0.5) is 0 Å². The third kappa shape index (κ3) is 3.39. The van der Waals surface area contributed by atoms with Gasteiger partial charge in [0.05, 0.1) is 10.7 Å². The quantitative estimate of drug-likeness (QED) is 0.773. The number of aromatic nitrogens is 1. The van der Waals surface area contributed by atoms with Crippen LogP contribution in [0.3, 0.4) is 0 Å². The highest BCUT2D eigenvalue weighted by molar-refractivity contribution is 7.80. The van der Waals surface area contributed by atoms with Gasteiger partial charge in [0, 0.05) is 30.4 Å². The third-order valence-corrected chi connectivity index (χ3v) is 5.87. The smallest absolute Gasteiger partial charge is 0.248 e. The van der Waals surface area contributed by atoms with Crippen molar-refractivity contribution in [1.82, 2.24) is 9.88 Å². The molecule has 1 saturated heterocycles. The Morgan fingerprint density at radius 1 is 1.11 bits per heavy atom. The number of pyridine rings is 1. The van der Waals surface area contributed by atoms with Gasteiger partial charge in [0.15, 0.2) is 0 Å². The number of rotatable bonds is 1. The molecule has 27 heavy (non-hydrogen) atoms. The van der Waals surface area contributed by atoms with Crippen LogP contribution in [0.15, 0.2) is 42.1 Å². The molecule has 1 fully saturated rings. The fraction of sp³-hybridized carbons (Fsp3) is 0.318. The molecule has 2 N–H and O–H groups in total. The zero-order valence-corrected chi connectivity index (χ0v) is 16.3. The maximum absolute atomic E-state index is 11.7. The van der Waals surface area contributed by atoms with Crippen LogP contribution < -0.4 is 5.73 Å². The Labute approximate surface area is 165 Å². The number of hydrogen-bond acceptors (Lipinski definition) is 3. The summed E-state index contributed by atoms with van der Waals surface area (Å²) in [5.74, 6) is -0.378. The summed E-state index contributed by atoms with van der Waals surface area (Å²) in [5, 5.41) is 0. The molecule has 0 unspecified atom stereocenters. The lowest BCUT2D eigenvalue weighted by Crippen LogP contribution is -2.33. The van der Waals surface area contributed by atoms with Crippen LogP contribution in [0.2, 0.25) is 0 Å². The normalized spacial score (nSPS) is 16.4. The van der Waals surface area contributed by atoms with Gasteiger partial charge in [-0.2, -0.15) is 0 Å². The van der Waals surface area contributed by atoms with Gasteiger partial charge in [-0.1, -0.05) is 29.9 Å². The van der Waals surface area contributed by atoms with Crippen molar-refractivity contribution in [2.75, 3.05) is 13.1 Å². The molecule has 0 bridgehead atoms. The number of nitrogens with zero attached hydrogens (tertiary/aromatic N) is 2. The summed E-state index contributed by atoms with van der Waals surface area (Å²) in [4.78, 5) is 19.6. The first-order valence-electron chi connectivity index (χ1n) is 9.39. The van der Waals surface area contributed by atoms with E-state index in [1.807, 2.05) is 31.3 Å². The largest absolute Gasteiger partial charge is 0.366 e. The molecule has 1 aromatic heterocycles. The number of primary amides is 1. The Hall–Kier alpha value is -2.53. The average Bonchev–Trinajstić information content (AvgIpc) is 2.84. The van der Waals surface area contributed by atoms with E-state index in [4.69, 9.17) is 22.9 Å². The monoisotopic (exact) mass is 377 g/mol. The van der Waals surface area contributed by atoms with Crippen LogP contribution in [0.1, 0.15) is 52.5 Å². The SMILES string of the molecule is CC(=S)N1CCC(=C2c3ccc(C(N)=O)cc3CCc3cccnc32)CC1. The number of carbonyl (C=O) groups excluding carboxylic acids is 1. The molecule has 0 radical (unpaired) electrons. The molecular formula is C22H23N3OS. The summed E-state index contributed by atoms with van der Waals surface area (Å²) in [7, 11) is 0. The zero-order valence-electron chi connectivity index (χ0n) is 15.5. The van der Waals surface area contributed by atoms with Gasteiger partial charge < -0.3 is 10.6 Å². The van der Waals surface area contributed by atoms with Gasteiger partial charge in [-0.05, 0) is 67.5 Å². The summed E-state index contributed by atoms with van der Waals surface area (Å²) in [6.45, 7) is 3.90. The van der Waals surface area contributed by atoms with Crippen molar-refractivity contribution in [2.24, 2.45) is 5.73 Å². The molecule has 0 atom stereocenters. The van der Waals surface area contributed by atoms with Crippen LogP contribution in [0.25, 0.3) is 5.57 Å². The van der Waals surface area contributed by atoms with E-state index in [9.17, 15) is 4.79 Å². The van der Waals surface area contributed by atoms with E-state index in [1.165, 1.54) is 27.8 Å². The van der Waals surface area contributed by atoms with E-state index in [1.54, 1.807) is 0 Å². The number of amides is 1. The lowest BCUT2D eigenvalue weighted by Gasteiger charge is -2.31. The van der Waals surface area contributed by atoms with Gasteiger partial charge in [0.25, 0.3) is 0 Å².